The van der Waals surface area contributed by atoms with Crippen LogP contribution in [0, 0.1) is 0 Å². The van der Waals surface area contributed by atoms with Crippen molar-refractivity contribution >= 4 is 21.6 Å². The monoisotopic (exact) mass is 196 g/mol. The molecule has 3 nitrogen and oxygen atoms in total. The van der Waals surface area contributed by atoms with Crippen LogP contribution in [0.2, 0.25) is 0 Å². The average Bonchev–Trinajstić information content (AvgIpc) is 2.47. The fraction of sp³-hybridized carbons (Fsp3) is 0.222. The normalized spacial score (nSPS) is 10.8. The second kappa shape index (κ2) is 3.32. The molecule has 0 aliphatic heterocycles. The molecule has 1 heterocycles. The third-order valence-corrected chi connectivity index (χ3v) is 2.74. The predicted molar refractivity (Wildman–Crippen MR) is 51.2 cm³/mol. The highest BCUT2D eigenvalue weighted by atomic mass is 32.1. The molecule has 0 fully saturated rings. The van der Waals surface area contributed by atoms with Crippen LogP contribution >= 0.6 is 11.3 Å². The van der Waals surface area contributed by atoms with Gasteiger partial charge in [0.15, 0.2) is 0 Å². The van der Waals surface area contributed by atoms with Crippen LogP contribution < -0.4 is 4.94 Å². The van der Waals surface area contributed by atoms with Gasteiger partial charge in [-0.3, -0.25) is 0 Å². The Morgan fingerprint density at radius 3 is 3.08 bits per heavy atom. The minimum absolute atomic E-state index is 0.0885. The van der Waals surface area contributed by atoms with Crippen LogP contribution in [0.1, 0.15) is 5.56 Å². The molecule has 1 N–H and O–H groups in total. The molecule has 4 heteroatoms. The Hall–Kier alpha value is -1.13. The zero-order chi connectivity index (χ0) is 9.26. The Bertz CT molecular complexity index is 469. The van der Waals surface area contributed by atoms with Gasteiger partial charge in [-0.15, -0.1) is 0 Å². The third-order valence-electron chi connectivity index (χ3n) is 1.82. The second-order valence-corrected chi connectivity index (χ2v) is 3.62. The molecule has 0 saturated carbocycles. The van der Waals surface area contributed by atoms with Crippen molar-refractivity contribution in [3.8, 4) is 0 Å². The summed E-state index contributed by atoms with van der Waals surface area (Å²) in [6.07, 6.45) is 0.562. The van der Waals surface area contributed by atoms with Crippen LogP contribution in [-0.4, -0.2) is 11.7 Å². The molecule has 0 amide bonds. The van der Waals surface area contributed by atoms with Gasteiger partial charge in [0.05, 0.1) is 4.70 Å². The topological polar surface area (TPSA) is 50.4 Å². The number of rotatable bonds is 2. The minimum Gasteiger partial charge on any atom is -0.414 e. The van der Waals surface area contributed by atoms with Gasteiger partial charge >= 0.3 is 4.94 Å². The van der Waals surface area contributed by atoms with Crippen LogP contribution in [0.3, 0.4) is 0 Å². The molecule has 0 spiro atoms. The highest BCUT2D eigenvalue weighted by Gasteiger charge is 2.05. The molecule has 1 aromatic heterocycles. The number of hydrogen-bond acceptors (Lipinski definition) is 4. The number of aliphatic hydroxyl groups is 1. The van der Waals surface area contributed by atoms with Crippen molar-refractivity contribution in [3.05, 3.63) is 33.5 Å². The summed E-state index contributed by atoms with van der Waals surface area (Å²) < 4.78 is 5.78. The van der Waals surface area contributed by atoms with Gasteiger partial charge in [0, 0.05) is 6.61 Å². The summed E-state index contributed by atoms with van der Waals surface area (Å²) in [5.74, 6) is 0. The van der Waals surface area contributed by atoms with E-state index in [0.717, 1.165) is 21.6 Å². The van der Waals surface area contributed by atoms with Crippen LogP contribution in [0.4, 0.5) is 0 Å². The molecule has 0 radical (unpaired) electrons. The first-order valence-corrected chi connectivity index (χ1v) is 4.75. The standard InChI is InChI=1S/C9H8O3S/c10-5-4-6-2-1-3-7-8(6)13-9(11)12-7/h1-3,10H,4-5H2. The maximum absolute atomic E-state index is 10.9. The minimum atomic E-state index is -0.291. The van der Waals surface area contributed by atoms with Crippen LogP contribution in [0.25, 0.3) is 10.3 Å². The molecular formula is C9H8O3S. The Balaban J connectivity index is 2.67. The third kappa shape index (κ3) is 1.50. The first kappa shape index (κ1) is 8.47. The Kier molecular flexibility index (Phi) is 2.16. The highest BCUT2D eigenvalue weighted by molar-refractivity contribution is 7.16. The van der Waals surface area contributed by atoms with Gasteiger partial charge in [-0.25, -0.2) is 4.79 Å². The van der Waals surface area contributed by atoms with Crippen molar-refractivity contribution in [2.45, 2.75) is 6.42 Å². The van der Waals surface area contributed by atoms with E-state index in [1.807, 2.05) is 12.1 Å². The first-order valence-electron chi connectivity index (χ1n) is 3.93. The van der Waals surface area contributed by atoms with Crippen LogP contribution in [-0.2, 0) is 6.42 Å². The van der Waals surface area contributed by atoms with Gasteiger partial charge < -0.3 is 9.52 Å². The molecule has 2 rings (SSSR count). The van der Waals surface area contributed by atoms with E-state index >= 15 is 0 Å². The van der Waals surface area contributed by atoms with E-state index in [9.17, 15) is 4.79 Å². The van der Waals surface area contributed by atoms with Crippen molar-refractivity contribution < 1.29 is 9.52 Å². The van der Waals surface area contributed by atoms with Gasteiger partial charge in [0.2, 0.25) is 0 Å². The van der Waals surface area contributed by atoms with E-state index in [1.54, 1.807) is 6.07 Å². The summed E-state index contributed by atoms with van der Waals surface area (Å²) in [4.78, 5) is 10.6. The maximum Gasteiger partial charge on any atom is 0.396 e. The van der Waals surface area contributed by atoms with E-state index in [0.29, 0.717) is 12.0 Å². The lowest BCUT2D eigenvalue weighted by Gasteiger charge is -1.96. The number of aliphatic hydroxyl groups excluding tert-OH is 1. The second-order valence-electron chi connectivity index (χ2n) is 2.67. The van der Waals surface area contributed by atoms with E-state index in [4.69, 9.17) is 9.52 Å². The summed E-state index contributed by atoms with van der Waals surface area (Å²) in [6.45, 7) is 0.0885. The number of fused-ring (bicyclic) bond motifs is 1. The van der Waals surface area contributed by atoms with Gasteiger partial charge in [0.1, 0.15) is 5.58 Å². The largest absolute Gasteiger partial charge is 0.414 e. The smallest absolute Gasteiger partial charge is 0.396 e. The van der Waals surface area contributed by atoms with Crippen molar-refractivity contribution in [3.63, 3.8) is 0 Å². The van der Waals surface area contributed by atoms with E-state index in [2.05, 4.69) is 0 Å². The fourth-order valence-corrected chi connectivity index (χ4v) is 2.08. The van der Waals surface area contributed by atoms with Crippen molar-refractivity contribution in [1.82, 2.24) is 0 Å². The molecular weight excluding hydrogens is 188 g/mol. The van der Waals surface area contributed by atoms with Crippen LogP contribution in [0.5, 0.6) is 0 Å². The molecule has 2 aromatic rings. The first-order chi connectivity index (χ1) is 6.31. The Labute approximate surface area is 78.2 Å². The molecule has 0 aliphatic carbocycles. The molecule has 0 unspecified atom stereocenters. The number of benzene rings is 1. The molecule has 0 aliphatic rings. The summed E-state index contributed by atoms with van der Waals surface area (Å²) in [6, 6.07) is 5.47. The average molecular weight is 196 g/mol. The quantitative estimate of drug-likeness (QED) is 0.789. The lowest BCUT2D eigenvalue weighted by atomic mass is 10.1. The van der Waals surface area contributed by atoms with Gasteiger partial charge in [0.25, 0.3) is 0 Å². The molecule has 68 valence electrons. The SMILES string of the molecule is O=c1oc2cccc(CCO)c2s1. The fourth-order valence-electron chi connectivity index (χ4n) is 1.27. The highest BCUT2D eigenvalue weighted by Crippen LogP contribution is 2.21. The molecule has 0 saturated heterocycles. The van der Waals surface area contributed by atoms with Gasteiger partial charge in [-0.05, 0) is 18.1 Å². The van der Waals surface area contributed by atoms with Crippen molar-refractivity contribution in [2.75, 3.05) is 6.61 Å². The molecule has 0 bridgehead atoms. The summed E-state index contributed by atoms with van der Waals surface area (Å²) in [7, 11) is 0. The van der Waals surface area contributed by atoms with E-state index < -0.39 is 0 Å². The van der Waals surface area contributed by atoms with Gasteiger partial charge in [-0.1, -0.05) is 23.5 Å². The Morgan fingerprint density at radius 1 is 1.46 bits per heavy atom. The zero-order valence-corrected chi connectivity index (χ0v) is 7.63. The summed E-state index contributed by atoms with van der Waals surface area (Å²) in [5, 5.41) is 8.78. The molecule has 13 heavy (non-hydrogen) atoms. The zero-order valence-electron chi connectivity index (χ0n) is 6.82. The lowest BCUT2D eigenvalue weighted by molar-refractivity contribution is 0.300. The molecule has 0 atom stereocenters. The van der Waals surface area contributed by atoms with E-state index in [1.165, 1.54) is 0 Å². The summed E-state index contributed by atoms with van der Waals surface area (Å²) in [5.41, 5.74) is 1.58. The van der Waals surface area contributed by atoms with Gasteiger partial charge in [-0.2, -0.15) is 0 Å². The van der Waals surface area contributed by atoms with Crippen molar-refractivity contribution in [1.29, 1.82) is 0 Å². The Morgan fingerprint density at radius 2 is 2.31 bits per heavy atom. The van der Waals surface area contributed by atoms with Crippen molar-refractivity contribution in [2.24, 2.45) is 0 Å². The molecule has 1 aromatic carbocycles. The lowest BCUT2D eigenvalue weighted by Crippen LogP contribution is -1.89. The van der Waals surface area contributed by atoms with Crippen LogP contribution in [0.15, 0.2) is 27.4 Å². The summed E-state index contributed by atoms with van der Waals surface area (Å²) >= 11 is 1.09. The predicted octanol–water partition coefficient (Wildman–Crippen LogP) is 1.39. The van der Waals surface area contributed by atoms with E-state index in [-0.39, 0.29) is 11.5 Å². The number of hydrogen-bond donors (Lipinski definition) is 1. The maximum atomic E-state index is 10.9.